The minimum atomic E-state index is -1.65. The first-order chi connectivity index (χ1) is 20.4. The zero-order chi connectivity index (χ0) is 29.2. The summed E-state index contributed by atoms with van der Waals surface area (Å²) >= 11 is 0. The van der Waals surface area contributed by atoms with E-state index in [1.807, 2.05) is 11.0 Å². The molecule has 0 aromatic heterocycles. The summed E-state index contributed by atoms with van der Waals surface area (Å²) in [7, 11) is 3.09. The van der Waals surface area contributed by atoms with E-state index in [-0.39, 0.29) is 17.3 Å². The van der Waals surface area contributed by atoms with Gasteiger partial charge in [-0.25, -0.2) is 4.39 Å². The van der Waals surface area contributed by atoms with Crippen LogP contribution in [-0.2, 0) is 0 Å². The highest BCUT2D eigenvalue weighted by Gasteiger charge is 2.71. The Kier molecular flexibility index (Phi) is 5.87. The fourth-order valence-electron chi connectivity index (χ4n) is 7.08. The van der Waals surface area contributed by atoms with Crippen LogP contribution in [0.5, 0.6) is 11.5 Å². The molecule has 0 saturated carbocycles. The second kappa shape index (κ2) is 9.52. The first-order valence-corrected chi connectivity index (χ1v) is 13.7. The number of fused-ring (bicyclic) bond motifs is 5. The van der Waals surface area contributed by atoms with Crippen molar-refractivity contribution >= 4 is 29.1 Å². The summed E-state index contributed by atoms with van der Waals surface area (Å²) in [5.74, 6) is -1.10. The maximum Gasteiger partial charge on any atom is 0.185 e. The average Bonchev–Trinajstić information content (AvgIpc) is 3.46. The topological polar surface area (TPSA) is 72.9 Å². The molecule has 7 heteroatoms. The predicted octanol–water partition coefficient (Wildman–Crippen LogP) is 6.16. The molecule has 2 heterocycles. The number of hydrogen-bond donors (Lipinski definition) is 0. The standard InChI is InChI=1S/C35H26FNO5/c1-41-24-14-10-20(11-15-24)32(38)31-30(22-6-5-7-25(19-22)42-2)35(33(39)26-8-3-4-9-27(26)34(35)40)29-17-12-21-18-23(36)13-16-28(21)37(29)31/h3-19,29-31H,1-2H3/t29-,30-,31-/m0/s1. The zero-order valence-corrected chi connectivity index (χ0v) is 22.9. The van der Waals surface area contributed by atoms with Gasteiger partial charge < -0.3 is 14.4 Å². The van der Waals surface area contributed by atoms with E-state index in [1.165, 1.54) is 12.1 Å². The van der Waals surface area contributed by atoms with Gasteiger partial charge in [-0.1, -0.05) is 48.6 Å². The second-order valence-corrected chi connectivity index (χ2v) is 10.8. The zero-order valence-electron chi connectivity index (χ0n) is 22.9. The number of hydrogen-bond acceptors (Lipinski definition) is 6. The van der Waals surface area contributed by atoms with Crippen LogP contribution in [-0.4, -0.2) is 43.7 Å². The van der Waals surface area contributed by atoms with Crippen molar-refractivity contribution in [2.45, 2.75) is 18.0 Å². The Balaban J connectivity index is 1.54. The van der Waals surface area contributed by atoms with Gasteiger partial charge in [-0.3, -0.25) is 14.4 Å². The van der Waals surface area contributed by atoms with Crippen LogP contribution in [0.1, 0.15) is 48.1 Å². The van der Waals surface area contributed by atoms with Gasteiger partial charge in [-0.05, 0) is 60.2 Å². The van der Waals surface area contributed by atoms with Crippen LogP contribution in [0.15, 0.2) is 97.1 Å². The van der Waals surface area contributed by atoms with Crippen molar-refractivity contribution < 1.29 is 28.2 Å². The maximum atomic E-state index is 14.7. The molecule has 7 rings (SSSR count). The third-order valence-electron chi connectivity index (χ3n) is 8.86. The molecular weight excluding hydrogens is 533 g/mol. The Morgan fingerprint density at radius 2 is 1.50 bits per heavy atom. The molecule has 0 N–H and O–H groups in total. The van der Waals surface area contributed by atoms with Crippen LogP contribution in [0.2, 0.25) is 0 Å². The van der Waals surface area contributed by atoms with Gasteiger partial charge in [0.05, 0.1) is 20.3 Å². The van der Waals surface area contributed by atoms with Gasteiger partial charge >= 0.3 is 0 Å². The lowest BCUT2D eigenvalue weighted by Crippen LogP contribution is -2.48. The van der Waals surface area contributed by atoms with Crippen molar-refractivity contribution in [1.82, 2.24) is 0 Å². The van der Waals surface area contributed by atoms with E-state index in [0.29, 0.717) is 45.0 Å². The maximum absolute atomic E-state index is 14.7. The van der Waals surface area contributed by atoms with Crippen LogP contribution >= 0.6 is 0 Å². The van der Waals surface area contributed by atoms with Crippen molar-refractivity contribution in [1.29, 1.82) is 0 Å². The summed E-state index contributed by atoms with van der Waals surface area (Å²) in [6.07, 6.45) is 3.52. The largest absolute Gasteiger partial charge is 0.497 e. The number of methoxy groups -OCH3 is 2. The quantitative estimate of drug-likeness (QED) is 0.216. The molecule has 0 amide bonds. The van der Waals surface area contributed by atoms with Gasteiger partial charge in [-0.15, -0.1) is 0 Å². The molecule has 1 spiro atoms. The minimum absolute atomic E-state index is 0.269. The van der Waals surface area contributed by atoms with Gasteiger partial charge in [0.25, 0.3) is 0 Å². The third-order valence-corrected chi connectivity index (χ3v) is 8.86. The van der Waals surface area contributed by atoms with E-state index in [9.17, 15) is 18.8 Å². The predicted molar refractivity (Wildman–Crippen MR) is 156 cm³/mol. The van der Waals surface area contributed by atoms with E-state index < -0.39 is 29.2 Å². The van der Waals surface area contributed by atoms with E-state index >= 15 is 0 Å². The monoisotopic (exact) mass is 559 g/mol. The van der Waals surface area contributed by atoms with Gasteiger partial charge in [-0.2, -0.15) is 0 Å². The van der Waals surface area contributed by atoms with Crippen molar-refractivity contribution in [3.63, 3.8) is 0 Å². The molecule has 4 aromatic rings. The normalized spacial score (nSPS) is 21.2. The Bertz CT molecular complexity index is 1780. The molecule has 3 aliphatic rings. The van der Waals surface area contributed by atoms with E-state index in [2.05, 4.69) is 0 Å². The number of ether oxygens (including phenoxy) is 2. The van der Waals surface area contributed by atoms with Gasteiger partial charge in [0, 0.05) is 33.9 Å². The molecular formula is C35H26FNO5. The van der Waals surface area contributed by atoms with Crippen LogP contribution < -0.4 is 14.4 Å². The third kappa shape index (κ3) is 3.46. The molecule has 4 aromatic carbocycles. The minimum Gasteiger partial charge on any atom is -0.497 e. The number of carbonyl (C=O) groups excluding carboxylic acids is 3. The molecule has 2 aliphatic heterocycles. The Labute approximate surface area is 242 Å². The number of rotatable bonds is 5. The highest BCUT2D eigenvalue weighted by molar-refractivity contribution is 6.32. The molecule has 0 radical (unpaired) electrons. The van der Waals surface area contributed by atoms with E-state index in [0.717, 1.165) is 0 Å². The molecule has 6 nitrogen and oxygen atoms in total. The van der Waals surface area contributed by atoms with Crippen molar-refractivity contribution in [3.8, 4) is 11.5 Å². The fraction of sp³-hybridized carbons (Fsp3) is 0.171. The molecule has 3 atom stereocenters. The highest BCUT2D eigenvalue weighted by Crippen LogP contribution is 2.61. The number of benzene rings is 4. The number of ketones is 3. The number of Topliss-reactive ketones (excluding diaryl/α,β-unsaturated/α-hetero) is 3. The molecule has 1 aliphatic carbocycles. The van der Waals surface area contributed by atoms with E-state index in [1.54, 1.807) is 99.2 Å². The Hall–Kier alpha value is -5.04. The van der Waals surface area contributed by atoms with Crippen molar-refractivity contribution in [2.24, 2.45) is 5.41 Å². The lowest BCUT2D eigenvalue weighted by Gasteiger charge is -2.37. The molecule has 42 heavy (non-hydrogen) atoms. The van der Waals surface area contributed by atoms with Gasteiger partial charge in [0.2, 0.25) is 0 Å². The molecule has 1 saturated heterocycles. The van der Waals surface area contributed by atoms with Gasteiger partial charge in [0.1, 0.15) is 28.8 Å². The fourth-order valence-corrected chi connectivity index (χ4v) is 7.08. The van der Waals surface area contributed by atoms with Crippen LogP contribution in [0.4, 0.5) is 10.1 Å². The summed E-state index contributed by atoms with van der Waals surface area (Å²) in [6.45, 7) is 0. The summed E-state index contributed by atoms with van der Waals surface area (Å²) in [5.41, 5.74) is 1.20. The van der Waals surface area contributed by atoms with Crippen LogP contribution in [0.3, 0.4) is 0 Å². The lowest BCUT2D eigenvalue weighted by molar-refractivity contribution is 0.0665. The van der Waals surface area contributed by atoms with Gasteiger partial charge in [0.15, 0.2) is 17.3 Å². The molecule has 0 unspecified atom stereocenters. The second-order valence-electron chi connectivity index (χ2n) is 10.8. The SMILES string of the molecule is COc1ccc(C(=O)[C@@H]2[C@H](c3cccc(OC)c3)C3(C(=O)c4ccccc4C3=O)[C@@H]3C=Cc4cc(F)ccc4N23)cc1. The first-order valence-electron chi connectivity index (χ1n) is 13.7. The number of carbonyl (C=O) groups is 3. The first kappa shape index (κ1) is 25.9. The van der Waals surface area contributed by atoms with Crippen molar-refractivity contribution in [3.05, 3.63) is 131 Å². The van der Waals surface area contributed by atoms with Crippen molar-refractivity contribution in [2.75, 3.05) is 19.1 Å². The highest BCUT2D eigenvalue weighted by atomic mass is 19.1. The smallest absolute Gasteiger partial charge is 0.185 e. The number of halogens is 1. The Morgan fingerprint density at radius 1 is 0.810 bits per heavy atom. The summed E-state index contributed by atoms with van der Waals surface area (Å²) < 4.78 is 25.2. The number of anilines is 1. The molecule has 208 valence electrons. The Morgan fingerprint density at radius 3 is 2.17 bits per heavy atom. The number of nitrogens with zero attached hydrogens (tertiary/aromatic N) is 1. The molecule has 1 fully saturated rings. The van der Waals surface area contributed by atoms with E-state index in [4.69, 9.17) is 9.47 Å². The lowest BCUT2D eigenvalue weighted by atomic mass is 9.64. The summed E-state index contributed by atoms with van der Waals surface area (Å²) in [6, 6.07) is 23.4. The van der Waals surface area contributed by atoms with Crippen LogP contribution in [0.25, 0.3) is 6.08 Å². The summed E-state index contributed by atoms with van der Waals surface area (Å²) in [5, 5.41) is 0. The average molecular weight is 560 g/mol. The molecule has 0 bridgehead atoms. The summed E-state index contributed by atoms with van der Waals surface area (Å²) in [4.78, 5) is 45.9. The van der Waals surface area contributed by atoms with Crippen LogP contribution in [0, 0.1) is 11.2 Å².